The second-order valence-corrected chi connectivity index (χ2v) is 5.50. The number of methoxy groups -OCH3 is 2. The molecule has 2 heterocycles. The number of amides is 2. The van der Waals surface area contributed by atoms with E-state index in [1.54, 1.807) is 48.7 Å². The van der Waals surface area contributed by atoms with Crippen LogP contribution in [0.2, 0.25) is 0 Å². The maximum atomic E-state index is 12.1. The first-order valence-corrected chi connectivity index (χ1v) is 8.47. The van der Waals surface area contributed by atoms with Crippen LogP contribution in [0.1, 0.15) is 0 Å². The molecule has 0 aliphatic rings. The minimum Gasteiger partial charge on any atom is -0.494 e. The van der Waals surface area contributed by atoms with Crippen molar-refractivity contribution in [3.05, 3.63) is 48.7 Å². The van der Waals surface area contributed by atoms with Crippen molar-refractivity contribution in [2.24, 2.45) is 0 Å². The van der Waals surface area contributed by atoms with Crippen molar-refractivity contribution in [1.82, 2.24) is 15.5 Å². The monoisotopic (exact) mass is 384 g/mol. The third-order valence-corrected chi connectivity index (χ3v) is 3.72. The fourth-order valence-corrected chi connectivity index (χ4v) is 2.41. The Kier molecular flexibility index (Phi) is 6.29. The second-order valence-electron chi connectivity index (χ2n) is 5.50. The van der Waals surface area contributed by atoms with E-state index in [2.05, 4.69) is 20.8 Å². The highest BCUT2D eigenvalue weighted by molar-refractivity contribution is 5.92. The van der Waals surface area contributed by atoms with E-state index in [9.17, 15) is 4.79 Å². The van der Waals surface area contributed by atoms with Gasteiger partial charge in [0.05, 0.1) is 27.0 Å². The fraction of sp³-hybridized carbons (Fsp3) is 0.211. The highest BCUT2D eigenvalue weighted by Crippen LogP contribution is 2.33. The standard InChI is InChI=1S/C19H20N4O5/c1-25-15-5-3-6-16(26-2)18(15)21-19(24)20-10-12-28-17-9-8-13(22-23-17)14-7-4-11-27-14/h3-9,11H,10,12H2,1-2H3,(H2,20,21,24). The van der Waals surface area contributed by atoms with Crippen molar-refractivity contribution in [1.29, 1.82) is 0 Å². The highest BCUT2D eigenvalue weighted by atomic mass is 16.5. The fourth-order valence-electron chi connectivity index (χ4n) is 2.41. The summed E-state index contributed by atoms with van der Waals surface area (Å²) < 4.78 is 21.2. The van der Waals surface area contributed by atoms with Crippen LogP contribution in [0.3, 0.4) is 0 Å². The molecule has 2 amide bonds. The SMILES string of the molecule is COc1cccc(OC)c1NC(=O)NCCOc1ccc(-c2ccco2)nn1. The van der Waals surface area contributed by atoms with Gasteiger partial charge in [-0.3, -0.25) is 0 Å². The number of para-hydroxylation sites is 1. The summed E-state index contributed by atoms with van der Waals surface area (Å²) in [5, 5.41) is 13.4. The molecule has 2 N–H and O–H groups in total. The average Bonchev–Trinajstić information content (AvgIpc) is 3.26. The molecule has 0 radical (unpaired) electrons. The first kappa shape index (κ1) is 19.0. The lowest BCUT2D eigenvalue weighted by atomic mass is 10.2. The Balaban J connectivity index is 1.46. The Bertz CT molecular complexity index is 875. The van der Waals surface area contributed by atoms with Crippen molar-refractivity contribution in [2.75, 3.05) is 32.7 Å². The molecule has 0 saturated carbocycles. The van der Waals surface area contributed by atoms with E-state index in [-0.39, 0.29) is 13.2 Å². The summed E-state index contributed by atoms with van der Waals surface area (Å²) in [7, 11) is 3.04. The van der Waals surface area contributed by atoms with E-state index >= 15 is 0 Å². The number of aromatic nitrogens is 2. The van der Waals surface area contributed by atoms with E-state index in [0.717, 1.165) is 0 Å². The molecule has 9 nitrogen and oxygen atoms in total. The second kappa shape index (κ2) is 9.26. The molecular weight excluding hydrogens is 364 g/mol. The number of carbonyl (C=O) groups is 1. The summed E-state index contributed by atoms with van der Waals surface area (Å²) in [5.74, 6) is 1.98. The van der Waals surface area contributed by atoms with Crippen LogP contribution in [-0.2, 0) is 0 Å². The van der Waals surface area contributed by atoms with Crippen molar-refractivity contribution < 1.29 is 23.4 Å². The molecule has 0 atom stereocenters. The highest BCUT2D eigenvalue weighted by Gasteiger charge is 2.12. The molecule has 9 heteroatoms. The Hall–Kier alpha value is -3.75. The molecule has 1 aromatic carbocycles. The number of ether oxygens (including phenoxy) is 3. The van der Waals surface area contributed by atoms with E-state index in [1.165, 1.54) is 14.2 Å². The molecule has 0 saturated heterocycles. The van der Waals surface area contributed by atoms with Crippen LogP contribution < -0.4 is 24.8 Å². The van der Waals surface area contributed by atoms with Gasteiger partial charge in [-0.1, -0.05) is 6.07 Å². The van der Waals surface area contributed by atoms with Gasteiger partial charge in [0.15, 0.2) is 5.76 Å². The molecule has 0 aliphatic carbocycles. The Labute approximate surface area is 161 Å². The third-order valence-electron chi connectivity index (χ3n) is 3.72. The zero-order valence-corrected chi connectivity index (χ0v) is 15.5. The summed E-state index contributed by atoms with van der Waals surface area (Å²) >= 11 is 0. The van der Waals surface area contributed by atoms with Crippen LogP contribution in [0, 0.1) is 0 Å². The molecule has 0 aliphatic heterocycles. The van der Waals surface area contributed by atoms with Gasteiger partial charge < -0.3 is 29.3 Å². The average molecular weight is 384 g/mol. The van der Waals surface area contributed by atoms with E-state index in [1.807, 2.05) is 0 Å². The third kappa shape index (κ3) is 4.70. The van der Waals surface area contributed by atoms with Gasteiger partial charge in [0.25, 0.3) is 0 Å². The molecule has 0 unspecified atom stereocenters. The summed E-state index contributed by atoms with van der Waals surface area (Å²) in [6, 6.07) is 11.8. The van der Waals surface area contributed by atoms with Gasteiger partial charge >= 0.3 is 6.03 Å². The summed E-state index contributed by atoms with van der Waals surface area (Å²) in [5.41, 5.74) is 1.06. The van der Waals surface area contributed by atoms with E-state index in [4.69, 9.17) is 18.6 Å². The number of furan rings is 1. The minimum atomic E-state index is -0.411. The summed E-state index contributed by atoms with van der Waals surface area (Å²) in [4.78, 5) is 12.1. The van der Waals surface area contributed by atoms with Crippen LogP contribution >= 0.6 is 0 Å². The number of hydrogen-bond acceptors (Lipinski definition) is 7. The maximum Gasteiger partial charge on any atom is 0.319 e. The number of carbonyl (C=O) groups excluding carboxylic acids is 1. The molecule has 3 rings (SSSR count). The van der Waals surface area contributed by atoms with Crippen LogP contribution in [0.25, 0.3) is 11.5 Å². The predicted molar refractivity (Wildman–Crippen MR) is 102 cm³/mol. The van der Waals surface area contributed by atoms with Gasteiger partial charge in [-0.25, -0.2) is 4.79 Å². The summed E-state index contributed by atoms with van der Waals surface area (Å²) in [6.45, 7) is 0.496. The van der Waals surface area contributed by atoms with Gasteiger partial charge in [0, 0.05) is 6.07 Å². The number of hydrogen-bond donors (Lipinski definition) is 2. The quantitative estimate of drug-likeness (QED) is 0.575. The van der Waals surface area contributed by atoms with Gasteiger partial charge in [-0.2, -0.15) is 0 Å². The zero-order valence-electron chi connectivity index (χ0n) is 15.5. The van der Waals surface area contributed by atoms with Gasteiger partial charge in [0.1, 0.15) is 29.5 Å². The molecule has 146 valence electrons. The van der Waals surface area contributed by atoms with Gasteiger partial charge in [0.2, 0.25) is 5.88 Å². The zero-order chi connectivity index (χ0) is 19.8. The number of nitrogens with one attached hydrogen (secondary N) is 2. The van der Waals surface area contributed by atoms with Crippen molar-refractivity contribution in [3.63, 3.8) is 0 Å². The molecule has 28 heavy (non-hydrogen) atoms. The molecule has 2 aromatic heterocycles. The largest absolute Gasteiger partial charge is 0.494 e. The van der Waals surface area contributed by atoms with Crippen LogP contribution in [-0.4, -0.2) is 43.6 Å². The summed E-state index contributed by atoms with van der Waals surface area (Å²) in [6.07, 6.45) is 1.57. The lowest BCUT2D eigenvalue weighted by Crippen LogP contribution is -2.32. The Morgan fingerprint density at radius 2 is 1.82 bits per heavy atom. The number of benzene rings is 1. The smallest absolute Gasteiger partial charge is 0.319 e. The van der Waals surface area contributed by atoms with Crippen LogP contribution in [0.4, 0.5) is 10.5 Å². The van der Waals surface area contributed by atoms with Crippen LogP contribution in [0.5, 0.6) is 17.4 Å². The lowest BCUT2D eigenvalue weighted by Gasteiger charge is -2.14. The van der Waals surface area contributed by atoms with Gasteiger partial charge in [-0.05, 0) is 30.3 Å². The molecular formula is C19H20N4O5. The topological polar surface area (TPSA) is 108 Å². The number of anilines is 1. The van der Waals surface area contributed by atoms with E-state index < -0.39 is 6.03 Å². The minimum absolute atomic E-state index is 0.227. The molecule has 3 aromatic rings. The number of urea groups is 1. The molecule has 0 fully saturated rings. The lowest BCUT2D eigenvalue weighted by molar-refractivity contribution is 0.246. The van der Waals surface area contributed by atoms with Gasteiger partial charge in [-0.15, -0.1) is 10.2 Å². The first-order valence-electron chi connectivity index (χ1n) is 8.47. The van der Waals surface area contributed by atoms with Crippen LogP contribution in [0.15, 0.2) is 53.1 Å². The van der Waals surface area contributed by atoms with Crippen molar-refractivity contribution in [3.8, 4) is 28.8 Å². The van der Waals surface area contributed by atoms with Crippen molar-refractivity contribution in [2.45, 2.75) is 0 Å². The normalized spacial score (nSPS) is 10.2. The van der Waals surface area contributed by atoms with Crippen molar-refractivity contribution >= 4 is 11.7 Å². The Morgan fingerprint density at radius 3 is 2.43 bits per heavy atom. The number of nitrogens with zero attached hydrogens (tertiary/aromatic N) is 2. The van der Waals surface area contributed by atoms with E-state index in [0.29, 0.717) is 34.5 Å². The first-order chi connectivity index (χ1) is 13.7. The molecule has 0 bridgehead atoms. The predicted octanol–water partition coefficient (Wildman–Crippen LogP) is 2.95. The number of rotatable bonds is 8. The maximum absolute atomic E-state index is 12.1. The molecule has 0 spiro atoms. The Morgan fingerprint density at radius 1 is 1.04 bits per heavy atom.